The summed E-state index contributed by atoms with van der Waals surface area (Å²) in [5.41, 5.74) is 3.79. The summed E-state index contributed by atoms with van der Waals surface area (Å²) in [7, 11) is -3.37. The molecule has 0 heterocycles. The van der Waals surface area contributed by atoms with Crippen LogP contribution in [0.15, 0.2) is 11.0 Å². The normalized spacial score (nSPS) is 12.2. The molecule has 4 heteroatoms. The second-order valence-electron chi connectivity index (χ2n) is 4.68. The van der Waals surface area contributed by atoms with Gasteiger partial charge in [-0.05, 0) is 49.9 Å². The van der Waals surface area contributed by atoms with Gasteiger partial charge in [-0.25, -0.2) is 8.42 Å². The Balaban J connectivity index is 3.60. The number of hydrogen-bond acceptors (Lipinski definition) is 2. The van der Waals surface area contributed by atoms with Crippen LogP contribution in [0.2, 0.25) is 0 Å². The van der Waals surface area contributed by atoms with Crippen molar-refractivity contribution >= 4 is 10.0 Å². The first kappa shape index (κ1) is 15.2. The molecule has 102 valence electrons. The Morgan fingerprint density at radius 2 is 1.33 bits per heavy atom. The fraction of sp³-hybridized carbons (Fsp3) is 0.571. The number of sulfonamides is 1. The van der Waals surface area contributed by atoms with Crippen LogP contribution in [0, 0.1) is 27.7 Å². The van der Waals surface area contributed by atoms with Crippen LogP contribution < -0.4 is 0 Å². The third-order valence-electron chi connectivity index (χ3n) is 3.60. The summed E-state index contributed by atoms with van der Waals surface area (Å²) >= 11 is 0. The van der Waals surface area contributed by atoms with Crippen LogP contribution in [0.3, 0.4) is 0 Å². The molecule has 0 atom stereocenters. The second kappa shape index (κ2) is 5.41. The van der Waals surface area contributed by atoms with Crippen LogP contribution >= 0.6 is 0 Å². The fourth-order valence-electron chi connectivity index (χ4n) is 2.26. The van der Waals surface area contributed by atoms with Crippen molar-refractivity contribution in [1.29, 1.82) is 0 Å². The van der Waals surface area contributed by atoms with E-state index in [0.29, 0.717) is 18.0 Å². The van der Waals surface area contributed by atoms with E-state index in [4.69, 9.17) is 0 Å². The first-order chi connectivity index (χ1) is 8.27. The summed E-state index contributed by atoms with van der Waals surface area (Å²) in [6.07, 6.45) is 0. The van der Waals surface area contributed by atoms with E-state index in [9.17, 15) is 8.42 Å². The highest BCUT2D eigenvalue weighted by Crippen LogP contribution is 2.28. The Morgan fingerprint density at radius 3 is 1.67 bits per heavy atom. The molecule has 3 nitrogen and oxygen atoms in total. The molecule has 1 aromatic carbocycles. The number of benzene rings is 1. The summed E-state index contributed by atoms with van der Waals surface area (Å²) in [4.78, 5) is 0.490. The van der Waals surface area contributed by atoms with Gasteiger partial charge >= 0.3 is 0 Å². The molecule has 0 N–H and O–H groups in total. The molecule has 0 saturated carbocycles. The number of nitrogens with zero attached hydrogens (tertiary/aromatic N) is 1. The molecule has 1 aromatic rings. The average molecular weight is 269 g/mol. The van der Waals surface area contributed by atoms with Gasteiger partial charge in [0.15, 0.2) is 0 Å². The van der Waals surface area contributed by atoms with Crippen molar-refractivity contribution in [1.82, 2.24) is 4.31 Å². The lowest BCUT2D eigenvalue weighted by Gasteiger charge is -2.23. The summed E-state index contributed by atoms with van der Waals surface area (Å²) in [5.74, 6) is 0. The minimum absolute atomic E-state index is 0.490. The van der Waals surface area contributed by atoms with Crippen molar-refractivity contribution < 1.29 is 8.42 Å². The molecule has 0 bridgehead atoms. The van der Waals surface area contributed by atoms with Gasteiger partial charge in [0.25, 0.3) is 0 Å². The van der Waals surface area contributed by atoms with Crippen LogP contribution in [0.1, 0.15) is 36.1 Å². The van der Waals surface area contributed by atoms with Gasteiger partial charge in [0, 0.05) is 13.1 Å². The second-order valence-corrected chi connectivity index (χ2v) is 6.55. The van der Waals surface area contributed by atoms with E-state index in [1.807, 2.05) is 47.6 Å². The van der Waals surface area contributed by atoms with Crippen LogP contribution in [0.25, 0.3) is 0 Å². The van der Waals surface area contributed by atoms with Gasteiger partial charge in [0.1, 0.15) is 0 Å². The third kappa shape index (κ3) is 2.45. The molecule has 0 aliphatic carbocycles. The maximum Gasteiger partial charge on any atom is 0.243 e. The van der Waals surface area contributed by atoms with Gasteiger partial charge in [0.2, 0.25) is 10.0 Å². The monoisotopic (exact) mass is 269 g/mol. The van der Waals surface area contributed by atoms with Gasteiger partial charge in [-0.15, -0.1) is 0 Å². The first-order valence-corrected chi connectivity index (χ1v) is 7.78. The van der Waals surface area contributed by atoms with Crippen molar-refractivity contribution in [2.24, 2.45) is 0 Å². The molecule has 18 heavy (non-hydrogen) atoms. The predicted molar refractivity (Wildman–Crippen MR) is 75.5 cm³/mol. The topological polar surface area (TPSA) is 37.4 Å². The maximum atomic E-state index is 12.7. The summed E-state index contributed by atoms with van der Waals surface area (Å²) < 4.78 is 26.8. The molecular weight excluding hydrogens is 246 g/mol. The van der Waals surface area contributed by atoms with Gasteiger partial charge in [-0.2, -0.15) is 4.31 Å². The SMILES string of the molecule is CCN(CC)S(=O)(=O)c1c(C)c(C)cc(C)c1C. The third-order valence-corrected chi connectivity index (χ3v) is 5.93. The highest BCUT2D eigenvalue weighted by molar-refractivity contribution is 7.89. The summed E-state index contributed by atoms with van der Waals surface area (Å²) in [6.45, 7) is 12.4. The summed E-state index contributed by atoms with van der Waals surface area (Å²) in [5, 5.41) is 0. The van der Waals surface area contributed by atoms with E-state index in [0.717, 1.165) is 22.3 Å². The van der Waals surface area contributed by atoms with Gasteiger partial charge < -0.3 is 0 Å². The zero-order valence-electron chi connectivity index (χ0n) is 12.2. The first-order valence-electron chi connectivity index (χ1n) is 6.34. The van der Waals surface area contributed by atoms with E-state index in [1.165, 1.54) is 4.31 Å². The lowest BCUT2D eigenvalue weighted by atomic mass is 10.0. The van der Waals surface area contributed by atoms with E-state index in [2.05, 4.69) is 0 Å². The molecule has 0 aliphatic heterocycles. The highest BCUT2D eigenvalue weighted by atomic mass is 32.2. The molecule has 0 unspecified atom stereocenters. The Bertz CT molecular complexity index is 517. The largest absolute Gasteiger partial charge is 0.243 e. The van der Waals surface area contributed by atoms with Crippen LogP contribution in [-0.2, 0) is 10.0 Å². The molecule has 0 aromatic heterocycles. The molecule has 0 spiro atoms. The van der Waals surface area contributed by atoms with Gasteiger partial charge in [0.05, 0.1) is 4.90 Å². The minimum atomic E-state index is -3.37. The van der Waals surface area contributed by atoms with E-state index in [-0.39, 0.29) is 0 Å². The molecule has 0 amide bonds. The number of hydrogen-bond donors (Lipinski definition) is 0. The van der Waals surface area contributed by atoms with E-state index in [1.54, 1.807) is 0 Å². The van der Waals surface area contributed by atoms with Crippen LogP contribution in [0.5, 0.6) is 0 Å². The van der Waals surface area contributed by atoms with Gasteiger partial charge in [-0.1, -0.05) is 19.9 Å². The zero-order valence-corrected chi connectivity index (χ0v) is 13.0. The highest BCUT2D eigenvalue weighted by Gasteiger charge is 2.26. The molecule has 0 radical (unpaired) electrons. The molecule has 0 fully saturated rings. The number of aryl methyl sites for hydroxylation is 2. The predicted octanol–water partition coefficient (Wildman–Crippen LogP) is 2.95. The summed E-state index contributed by atoms with van der Waals surface area (Å²) in [6, 6.07) is 2.05. The smallest absolute Gasteiger partial charge is 0.207 e. The standard InChI is InChI=1S/C14H23NO2S/c1-7-15(8-2)18(16,17)14-12(5)10(3)9-11(4)13(14)6/h9H,7-8H2,1-6H3. The lowest BCUT2D eigenvalue weighted by molar-refractivity contribution is 0.444. The Labute approximate surface area is 111 Å². The minimum Gasteiger partial charge on any atom is -0.207 e. The van der Waals surface area contributed by atoms with Gasteiger partial charge in [-0.3, -0.25) is 0 Å². The number of rotatable bonds is 4. The van der Waals surface area contributed by atoms with E-state index < -0.39 is 10.0 Å². The quantitative estimate of drug-likeness (QED) is 0.842. The van der Waals surface area contributed by atoms with Crippen molar-refractivity contribution in [3.63, 3.8) is 0 Å². The Hall–Kier alpha value is -0.870. The maximum absolute atomic E-state index is 12.7. The lowest BCUT2D eigenvalue weighted by Crippen LogP contribution is -2.32. The average Bonchev–Trinajstić information content (AvgIpc) is 2.27. The van der Waals surface area contributed by atoms with Crippen molar-refractivity contribution in [2.45, 2.75) is 46.4 Å². The van der Waals surface area contributed by atoms with Crippen LogP contribution in [-0.4, -0.2) is 25.8 Å². The Morgan fingerprint density at radius 1 is 0.944 bits per heavy atom. The molecule has 0 saturated heterocycles. The Kier molecular flexibility index (Phi) is 4.56. The molecule has 1 rings (SSSR count). The zero-order chi connectivity index (χ0) is 14.1. The molecule has 0 aliphatic rings. The van der Waals surface area contributed by atoms with Crippen molar-refractivity contribution in [3.05, 3.63) is 28.3 Å². The van der Waals surface area contributed by atoms with Crippen molar-refractivity contribution in [2.75, 3.05) is 13.1 Å². The van der Waals surface area contributed by atoms with E-state index >= 15 is 0 Å². The molecular formula is C14H23NO2S. The fourth-order valence-corrected chi connectivity index (χ4v) is 4.29. The van der Waals surface area contributed by atoms with Crippen molar-refractivity contribution in [3.8, 4) is 0 Å². The van der Waals surface area contributed by atoms with Crippen LogP contribution in [0.4, 0.5) is 0 Å².